The van der Waals surface area contributed by atoms with Crippen LogP contribution in [0.25, 0.3) is 11.4 Å². The number of carboxylic acid groups (broad SMARTS) is 1. The van der Waals surface area contributed by atoms with Gasteiger partial charge in [0.2, 0.25) is 0 Å². The minimum Gasteiger partial charge on any atom is -0.489 e. The highest BCUT2D eigenvalue weighted by Gasteiger charge is 2.28. The smallest absolute Gasteiger partial charge is 0.306 e. The van der Waals surface area contributed by atoms with E-state index in [1.807, 2.05) is 32.2 Å². The van der Waals surface area contributed by atoms with Crippen molar-refractivity contribution in [3.63, 3.8) is 0 Å². The predicted octanol–water partition coefficient (Wildman–Crippen LogP) is 3.73. The molecule has 3 heterocycles. The third kappa shape index (κ3) is 5.32. The summed E-state index contributed by atoms with van der Waals surface area (Å²) in [6.07, 6.45) is 4.61. The Kier molecular flexibility index (Phi) is 7.04. The molecule has 3 aromatic rings. The maximum atomic E-state index is 11.3. The van der Waals surface area contributed by atoms with Crippen molar-refractivity contribution in [1.29, 1.82) is 0 Å². The maximum Gasteiger partial charge on any atom is 0.306 e. The second kappa shape index (κ2) is 10.1. The van der Waals surface area contributed by atoms with Crippen molar-refractivity contribution in [3.05, 3.63) is 41.3 Å². The molecule has 1 fully saturated rings. The molecular formula is C24H31N7O3. The Morgan fingerprint density at radius 2 is 2.12 bits per heavy atom. The van der Waals surface area contributed by atoms with Gasteiger partial charge in [-0.05, 0) is 62.3 Å². The molecule has 0 saturated heterocycles. The van der Waals surface area contributed by atoms with Gasteiger partial charge in [0.05, 0.1) is 41.8 Å². The van der Waals surface area contributed by atoms with Crippen LogP contribution in [0.2, 0.25) is 0 Å². The van der Waals surface area contributed by atoms with Crippen LogP contribution < -0.4 is 10.1 Å². The molecule has 1 aliphatic rings. The van der Waals surface area contributed by atoms with E-state index < -0.39 is 5.97 Å². The minimum absolute atomic E-state index is 0.111. The summed E-state index contributed by atoms with van der Waals surface area (Å²) in [5, 5.41) is 29.4. The molecule has 4 rings (SSSR count). The quantitative estimate of drug-likeness (QED) is 0.511. The van der Waals surface area contributed by atoms with Gasteiger partial charge in [-0.2, -0.15) is 5.10 Å². The van der Waals surface area contributed by atoms with Gasteiger partial charge < -0.3 is 15.2 Å². The first-order valence-corrected chi connectivity index (χ1v) is 11.6. The fourth-order valence-electron chi connectivity index (χ4n) is 4.19. The van der Waals surface area contributed by atoms with Crippen molar-refractivity contribution < 1.29 is 14.6 Å². The normalized spacial score (nSPS) is 18.1. The summed E-state index contributed by atoms with van der Waals surface area (Å²) in [5.41, 5.74) is 4.09. The SMILES string of the molecule is Cc1nc(-c2nnn(C)c2CNc2cc(C(C)C)cnn2)ccc1O[C@H]1CCC[C@H](C(=O)O)C1. The Hall–Kier alpha value is -3.56. The number of hydrogen-bond donors (Lipinski definition) is 2. The van der Waals surface area contributed by atoms with Gasteiger partial charge >= 0.3 is 5.97 Å². The van der Waals surface area contributed by atoms with Crippen molar-refractivity contribution in [2.45, 2.75) is 65.0 Å². The summed E-state index contributed by atoms with van der Waals surface area (Å²) in [7, 11) is 1.84. The highest BCUT2D eigenvalue weighted by atomic mass is 16.5. The molecule has 3 aromatic heterocycles. The van der Waals surface area contributed by atoms with Crippen molar-refractivity contribution >= 4 is 11.8 Å². The molecule has 0 radical (unpaired) electrons. The zero-order valence-electron chi connectivity index (χ0n) is 20.0. The van der Waals surface area contributed by atoms with E-state index in [1.165, 1.54) is 0 Å². The Labute approximate surface area is 198 Å². The summed E-state index contributed by atoms with van der Waals surface area (Å²) < 4.78 is 7.85. The van der Waals surface area contributed by atoms with Crippen molar-refractivity contribution in [1.82, 2.24) is 30.2 Å². The number of hydrogen-bond acceptors (Lipinski definition) is 8. The van der Waals surface area contributed by atoms with E-state index in [9.17, 15) is 9.90 Å². The van der Waals surface area contributed by atoms with Crippen LogP contribution in [0.1, 0.15) is 62.4 Å². The molecule has 34 heavy (non-hydrogen) atoms. The van der Waals surface area contributed by atoms with E-state index >= 15 is 0 Å². The summed E-state index contributed by atoms with van der Waals surface area (Å²) >= 11 is 0. The van der Waals surface area contributed by atoms with Gasteiger partial charge in [0.15, 0.2) is 0 Å². The average molecular weight is 466 g/mol. The number of carboxylic acids is 1. The van der Waals surface area contributed by atoms with Crippen LogP contribution in [0.15, 0.2) is 24.4 Å². The summed E-state index contributed by atoms with van der Waals surface area (Å²) in [4.78, 5) is 16.1. The van der Waals surface area contributed by atoms with Gasteiger partial charge in [-0.3, -0.25) is 4.79 Å². The van der Waals surface area contributed by atoms with Gasteiger partial charge in [0.1, 0.15) is 17.3 Å². The first-order valence-electron chi connectivity index (χ1n) is 11.6. The lowest BCUT2D eigenvalue weighted by atomic mass is 9.87. The molecule has 2 atom stereocenters. The molecule has 0 bridgehead atoms. The molecule has 0 spiro atoms. The largest absolute Gasteiger partial charge is 0.489 e. The maximum absolute atomic E-state index is 11.3. The number of aryl methyl sites for hydroxylation is 2. The van der Waals surface area contributed by atoms with Crippen LogP contribution in [-0.4, -0.2) is 47.4 Å². The number of rotatable bonds is 8. The zero-order chi connectivity index (χ0) is 24.2. The fourth-order valence-corrected chi connectivity index (χ4v) is 4.19. The fraction of sp³-hybridized carbons (Fsp3) is 0.500. The van der Waals surface area contributed by atoms with Gasteiger partial charge in [-0.1, -0.05) is 19.1 Å². The Balaban J connectivity index is 1.48. The van der Waals surface area contributed by atoms with Gasteiger partial charge in [-0.25, -0.2) is 9.67 Å². The number of nitrogens with one attached hydrogen (secondary N) is 1. The van der Waals surface area contributed by atoms with E-state index in [-0.39, 0.29) is 12.0 Å². The third-order valence-corrected chi connectivity index (χ3v) is 6.27. The molecule has 180 valence electrons. The monoisotopic (exact) mass is 465 g/mol. The highest BCUT2D eigenvalue weighted by molar-refractivity contribution is 5.70. The van der Waals surface area contributed by atoms with Crippen LogP contribution in [0.4, 0.5) is 5.82 Å². The zero-order valence-corrected chi connectivity index (χ0v) is 20.0. The van der Waals surface area contributed by atoms with Gasteiger partial charge in [-0.15, -0.1) is 10.2 Å². The van der Waals surface area contributed by atoms with E-state index in [1.54, 1.807) is 10.9 Å². The molecular weight excluding hydrogens is 434 g/mol. The molecule has 1 aliphatic carbocycles. The molecule has 0 unspecified atom stereocenters. The second-order valence-electron chi connectivity index (χ2n) is 9.11. The number of aliphatic carboxylic acids is 1. The molecule has 0 aliphatic heterocycles. The predicted molar refractivity (Wildman–Crippen MR) is 126 cm³/mol. The summed E-state index contributed by atoms with van der Waals surface area (Å²) in [6, 6.07) is 5.74. The molecule has 0 aromatic carbocycles. The third-order valence-electron chi connectivity index (χ3n) is 6.27. The van der Waals surface area contributed by atoms with E-state index in [2.05, 4.69) is 39.7 Å². The van der Waals surface area contributed by atoms with Crippen LogP contribution in [0.5, 0.6) is 5.75 Å². The first-order chi connectivity index (χ1) is 16.3. The van der Waals surface area contributed by atoms with Crippen LogP contribution in [0.3, 0.4) is 0 Å². The Morgan fingerprint density at radius 3 is 2.85 bits per heavy atom. The molecule has 0 amide bonds. The second-order valence-corrected chi connectivity index (χ2v) is 9.11. The van der Waals surface area contributed by atoms with Crippen molar-refractivity contribution in [3.8, 4) is 17.1 Å². The van der Waals surface area contributed by atoms with E-state index in [0.717, 1.165) is 29.8 Å². The number of carbonyl (C=O) groups is 1. The number of ether oxygens (including phenoxy) is 1. The first kappa shape index (κ1) is 23.6. The van der Waals surface area contributed by atoms with Crippen molar-refractivity contribution in [2.24, 2.45) is 13.0 Å². The van der Waals surface area contributed by atoms with Crippen molar-refractivity contribution in [2.75, 3.05) is 5.32 Å². The lowest BCUT2D eigenvalue weighted by Crippen LogP contribution is -2.29. The lowest BCUT2D eigenvalue weighted by Gasteiger charge is -2.27. The summed E-state index contributed by atoms with van der Waals surface area (Å²) in [5.74, 6) is 0.639. The average Bonchev–Trinajstić information content (AvgIpc) is 3.19. The van der Waals surface area contributed by atoms with Crippen LogP contribution in [-0.2, 0) is 18.4 Å². The molecule has 2 N–H and O–H groups in total. The van der Waals surface area contributed by atoms with Gasteiger partial charge in [0, 0.05) is 7.05 Å². The van der Waals surface area contributed by atoms with Crippen LogP contribution >= 0.6 is 0 Å². The van der Waals surface area contributed by atoms with E-state index in [0.29, 0.717) is 48.3 Å². The van der Waals surface area contributed by atoms with E-state index in [4.69, 9.17) is 9.72 Å². The number of nitrogens with zero attached hydrogens (tertiary/aromatic N) is 6. The van der Waals surface area contributed by atoms with Crippen LogP contribution in [0, 0.1) is 12.8 Å². The summed E-state index contributed by atoms with van der Waals surface area (Å²) in [6.45, 7) is 6.58. The molecule has 1 saturated carbocycles. The topological polar surface area (TPSA) is 128 Å². The van der Waals surface area contributed by atoms with Gasteiger partial charge in [0.25, 0.3) is 0 Å². The Morgan fingerprint density at radius 1 is 1.29 bits per heavy atom. The molecule has 10 heteroatoms. The Bertz CT molecular complexity index is 1160. The number of aromatic nitrogens is 6. The standard InChI is InChI=1S/C24H31N7O3/c1-14(2)17-11-22(28-26-12-17)25-13-20-23(29-30-31(20)4)19-8-9-21(15(3)27-19)34-18-7-5-6-16(10-18)24(32)33/h8-9,11-12,14,16,18H,5-7,10,13H2,1-4H3,(H,25,28)(H,32,33)/t16-,18-/m0/s1. The lowest BCUT2D eigenvalue weighted by molar-refractivity contribution is -0.143. The number of pyridine rings is 1. The highest BCUT2D eigenvalue weighted by Crippen LogP contribution is 2.30. The molecule has 10 nitrogen and oxygen atoms in total. The minimum atomic E-state index is -0.746. The number of anilines is 1.